The summed E-state index contributed by atoms with van der Waals surface area (Å²) >= 11 is 2.01. The molecule has 21 heteroatoms. The first-order chi connectivity index (χ1) is 48.2. The Bertz CT molecular complexity index is 3910. The molecule has 12 fully saturated rings. The minimum atomic E-state index is -3.16. The van der Waals surface area contributed by atoms with Gasteiger partial charge in [-0.15, -0.1) is 0 Å². The Labute approximate surface area is 614 Å². The Morgan fingerprint density at radius 3 is 1.15 bits per heavy atom. The molecule has 0 aromatic carbocycles. The third kappa shape index (κ3) is 13.9. The number of aromatic nitrogens is 6. The van der Waals surface area contributed by atoms with Crippen molar-refractivity contribution in [2.24, 2.45) is 121 Å². The standard InChI is InChI=1S/C27H39N3O4S.C27H39N3O3S.C27H39N3O2S/c1-25(32)10-11-27(17-35(3,33)34)19(12-25)4-5-20-21-6-7-23(26(21,2)9-8-22(20)27)24(31)16-30-15-18(13-28)14-29-30;1-25(32)10-11-27(17-34(3)33)19(12-25)4-5-20-21-6-7-23(26(21,2)9-8-22(20)27)24(31)16-30-15-18(13-28)14-29-30;1-25(32)10-11-27(17-33-3)19(12-25)4-5-20-21-6-7-23(26(21,2)9-8-22(20)27)24(31)16-30-15-18(13-28)14-29-30/h14-15,19-23,32H,4-12,16-17H2,1-3H3;14-15,19-23,32H,4-12,16-17H2,1-3H3;14-15,19-23,32H,4-12,16-17H2,1-3H3/t19-,20+,21+,22+,23-,25-,26+,27-;19-,20+,21+,22+,23-,25-,26+,27-,34?;19-,20+,21+,22+,23-,25-,26+,27-/m111/s1. The summed E-state index contributed by atoms with van der Waals surface area (Å²) in [7, 11) is -4.01. The lowest BCUT2D eigenvalue weighted by Gasteiger charge is -2.62. The number of carbonyl (C=O) groups is 3. The largest absolute Gasteiger partial charge is 0.390 e. The van der Waals surface area contributed by atoms with E-state index in [-0.39, 0.29) is 87.7 Å². The number of nitriles is 3. The molecule has 0 bridgehead atoms. The van der Waals surface area contributed by atoms with E-state index in [1.165, 1.54) is 62.9 Å². The Hall–Kier alpha value is -4.56. The zero-order chi connectivity index (χ0) is 73.0. The summed E-state index contributed by atoms with van der Waals surface area (Å²) in [5, 5.41) is 72.4. The molecular formula is C81H117N9O9S3. The maximum absolute atomic E-state index is 13.4. The van der Waals surface area contributed by atoms with Crippen molar-refractivity contribution in [2.45, 2.75) is 251 Å². The van der Waals surface area contributed by atoms with Crippen LogP contribution in [-0.2, 0) is 54.7 Å². The van der Waals surface area contributed by atoms with Gasteiger partial charge < -0.3 is 15.3 Å². The average molecular weight is 1460 g/mol. The maximum Gasteiger partial charge on any atom is 0.157 e. The molecule has 3 N–H and O–H groups in total. The molecule has 0 radical (unpaired) electrons. The second-order valence-corrected chi connectivity index (χ2v) is 42.0. The number of hydrogen-bond donors (Lipinski definition) is 3. The zero-order valence-corrected chi connectivity index (χ0v) is 64.9. The van der Waals surface area contributed by atoms with Crippen LogP contribution in [0.3, 0.4) is 0 Å². The van der Waals surface area contributed by atoms with Gasteiger partial charge in [0.15, 0.2) is 17.3 Å². The van der Waals surface area contributed by atoms with E-state index in [2.05, 4.69) is 60.5 Å². The van der Waals surface area contributed by atoms with Crippen molar-refractivity contribution in [3.8, 4) is 18.2 Å². The quantitative estimate of drug-likeness (QED) is 0.127. The van der Waals surface area contributed by atoms with E-state index in [0.717, 1.165) is 140 Å². The van der Waals surface area contributed by atoms with Gasteiger partial charge in [-0.3, -0.25) is 32.6 Å². The van der Waals surface area contributed by atoms with E-state index < -0.39 is 37.4 Å². The minimum Gasteiger partial charge on any atom is -0.390 e. The van der Waals surface area contributed by atoms with Crippen LogP contribution in [0.2, 0.25) is 0 Å². The molecule has 558 valence electrons. The van der Waals surface area contributed by atoms with Crippen molar-refractivity contribution in [2.75, 3.05) is 36.0 Å². The summed E-state index contributed by atoms with van der Waals surface area (Å²) in [6.07, 6.45) is 42.3. The Kier molecular flexibility index (Phi) is 20.9. The van der Waals surface area contributed by atoms with Crippen molar-refractivity contribution in [1.82, 2.24) is 29.3 Å². The average Bonchev–Trinajstić information content (AvgIpc) is 1.38. The Morgan fingerprint density at radius 1 is 0.490 bits per heavy atom. The molecule has 12 saturated carbocycles. The molecule has 3 heterocycles. The van der Waals surface area contributed by atoms with Crippen molar-refractivity contribution in [1.29, 1.82) is 15.8 Å². The molecule has 3 aromatic rings. The van der Waals surface area contributed by atoms with E-state index >= 15 is 0 Å². The second kappa shape index (κ2) is 28.2. The first-order valence-electron chi connectivity index (χ1n) is 39.2. The smallest absolute Gasteiger partial charge is 0.157 e. The molecule has 0 amide bonds. The van der Waals surface area contributed by atoms with Crippen LogP contribution in [0, 0.1) is 155 Å². The van der Waals surface area contributed by atoms with E-state index in [4.69, 9.17) is 15.8 Å². The van der Waals surface area contributed by atoms with Gasteiger partial charge in [-0.05, 0) is 310 Å². The number of hydrogen-bond acceptors (Lipinski definition) is 16. The van der Waals surface area contributed by atoms with Crippen molar-refractivity contribution >= 4 is 49.7 Å². The summed E-state index contributed by atoms with van der Waals surface area (Å²) in [6, 6.07) is 6.26. The number of thioether (sulfide) groups is 1. The van der Waals surface area contributed by atoms with Gasteiger partial charge >= 0.3 is 0 Å². The van der Waals surface area contributed by atoms with Crippen molar-refractivity contribution in [3.63, 3.8) is 0 Å². The van der Waals surface area contributed by atoms with Crippen molar-refractivity contribution in [3.05, 3.63) is 53.9 Å². The van der Waals surface area contributed by atoms with E-state index in [0.29, 0.717) is 94.0 Å². The van der Waals surface area contributed by atoms with Crippen LogP contribution in [-0.4, -0.2) is 127 Å². The molecular weight excluding hydrogens is 1340 g/mol. The summed E-state index contributed by atoms with van der Waals surface area (Å²) in [5.74, 6) is 9.50. The Balaban J connectivity index is 0.000000137. The summed E-state index contributed by atoms with van der Waals surface area (Å²) in [6.45, 7) is 13.7. The second-order valence-electron chi connectivity index (χ2n) is 37.5. The number of carbonyl (C=O) groups excluding carboxylic acids is 3. The number of rotatable bonds is 15. The normalized spacial score (nSPS) is 43.9. The van der Waals surface area contributed by atoms with Crippen LogP contribution >= 0.6 is 11.8 Å². The van der Waals surface area contributed by atoms with Crippen LogP contribution < -0.4 is 0 Å². The van der Waals surface area contributed by atoms with E-state index in [1.54, 1.807) is 38.8 Å². The van der Waals surface area contributed by atoms with Crippen LogP contribution in [0.25, 0.3) is 0 Å². The zero-order valence-electron chi connectivity index (χ0n) is 62.5. The lowest BCUT2D eigenvalue weighted by atomic mass is 9.44. The molecule has 1 unspecified atom stereocenters. The number of Topliss-reactive ketones (excluding diaryl/α,β-unsaturated/α-hetero) is 3. The summed E-state index contributed by atoms with van der Waals surface area (Å²) < 4.78 is 42.8. The molecule has 12 aliphatic carbocycles. The number of sulfone groups is 1. The predicted octanol–water partition coefficient (Wildman–Crippen LogP) is 12.9. The molecule has 0 saturated heterocycles. The first kappa shape index (κ1) is 75.7. The molecule has 18 nitrogen and oxygen atoms in total. The highest BCUT2D eigenvalue weighted by atomic mass is 32.2. The number of aliphatic hydroxyl groups is 3. The Morgan fingerprint density at radius 2 is 0.814 bits per heavy atom. The topological polar surface area (TPSA) is 288 Å². The highest BCUT2D eigenvalue weighted by Crippen LogP contribution is 2.72. The van der Waals surface area contributed by atoms with Gasteiger partial charge in [0.1, 0.15) is 28.0 Å². The van der Waals surface area contributed by atoms with Gasteiger partial charge in [0, 0.05) is 65.4 Å². The lowest BCUT2D eigenvalue weighted by Crippen LogP contribution is -2.59. The van der Waals surface area contributed by atoms with Crippen LogP contribution in [0.15, 0.2) is 37.2 Å². The molecule has 0 spiro atoms. The fourth-order valence-corrected chi connectivity index (χ4v) is 31.7. The van der Waals surface area contributed by atoms with Gasteiger partial charge in [0.05, 0.1) is 77.5 Å². The fourth-order valence-electron chi connectivity index (χ4n) is 27.6. The number of ketones is 3. The van der Waals surface area contributed by atoms with Crippen LogP contribution in [0.1, 0.15) is 232 Å². The summed E-state index contributed by atoms with van der Waals surface area (Å²) in [4.78, 5) is 40.3. The molecule has 3 aromatic heterocycles. The third-order valence-electron chi connectivity index (χ3n) is 31.8. The van der Waals surface area contributed by atoms with Gasteiger partial charge in [-0.25, -0.2) is 8.42 Å². The van der Waals surface area contributed by atoms with Crippen LogP contribution in [0.4, 0.5) is 0 Å². The molecule has 12 aliphatic rings. The van der Waals surface area contributed by atoms with E-state index in [9.17, 15) is 42.3 Å². The number of nitrogens with zero attached hydrogens (tertiary/aromatic N) is 9. The number of fused-ring (bicyclic) bond motifs is 15. The van der Waals surface area contributed by atoms with Gasteiger partial charge in [0.2, 0.25) is 0 Å². The molecule has 25 atom stereocenters. The maximum atomic E-state index is 13.4. The molecule has 15 rings (SSSR count). The van der Waals surface area contributed by atoms with Crippen molar-refractivity contribution < 1.29 is 42.3 Å². The SMILES string of the molecule is CS(=O)C[C@]12CC[C@@](C)(O)C[C@H]1CC[C@H]1[C@@H]3CC[C@H](C(=O)Cn4cc(C#N)cn4)[C@@]3(C)CC[C@@H]12.CSC[C@]12CC[C@@](C)(O)C[C@H]1CC[C@H]1[C@@H]3CC[C@H](C(=O)Cn4cc(C#N)cn4)[C@@]3(C)CC[C@@H]12.C[C@@]1(O)CC[C@@]2(CS(C)(=O)=O)[C@H](CC[C@H]3[C@@H]4CC[C@H](C(=O)Cn5cc(C#N)cn5)[C@@]4(C)CC[C@@H]32)C1. The summed E-state index contributed by atoms with van der Waals surface area (Å²) in [5.41, 5.74) is -0.0700. The molecule has 0 aliphatic heterocycles. The fraction of sp³-hybridized carbons (Fsp3) is 0.815. The van der Waals surface area contributed by atoms with Gasteiger partial charge in [-0.1, -0.05) is 20.8 Å². The monoisotopic (exact) mass is 1460 g/mol. The predicted molar refractivity (Wildman–Crippen MR) is 393 cm³/mol. The van der Waals surface area contributed by atoms with E-state index in [1.807, 2.05) is 38.8 Å². The highest BCUT2D eigenvalue weighted by molar-refractivity contribution is 7.98. The molecule has 102 heavy (non-hydrogen) atoms. The minimum absolute atomic E-state index is 0.0149. The van der Waals surface area contributed by atoms with Gasteiger partial charge in [0.25, 0.3) is 0 Å². The first-order valence-corrected chi connectivity index (χ1v) is 44.3. The lowest BCUT2D eigenvalue weighted by molar-refractivity contribution is -0.149. The van der Waals surface area contributed by atoms with Crippen LogP contribution in [0.5, 0.6) is 0 Å². The van der Waals surface area contributed by atoms with Gasteiger partial charge in [-0.2, -0.15) is 42.8 Å². The third-order valence-corrected chi connectivity index (χ3v) is 34.6. The highest BCUT2D eigenvalue weighted by Gasteiger charge is 2.67.